The van der Waals surface area contributed by atoms with Crippen molar-refractivity contribution in [1.29, 1.82) is 0 Å². The van der Waals surface area contributed by atoms with Gasteiger partial charge in [0.25, 0.3) is 10.0 Å². The molecule has 0 bridgehead atoms. The van der Waals surface area contributed by atoms with Gasteiger partial charge in [0.05, 0.1) is 16.9 Å². The summed E-state index contributed by atoms with van der Waals surface area (Å²) in [6.07, 6.45) is 0.511. The zero-order valence-electron chi connectivity index (χ0n) is 18.1. The van der Waals surface area contributed by atoms with E-state index >= 15 is 0 Å². The van der Waals surface area contributed by atoms with Crippen molar-refractivity contribution in [2.45, 2.75) is 29.7 Å². The molecule has 1 heterocycles. The number of methoxy groups -OCH3 is 1. The Hall–Kier alpha value is -2.95. The van der Waals surface area contributed by atoms with Crippen LogP contribution in [0.5, 0.6) is 5.75 Å². The minimum atomic E-state index is -4.05. The Kier molecular flexibility index (Phi) is 6.17. The SMILES string of the molecule is COc1ccc(S(=O)(=O)Nc2ccc3c(c2)CN(S(=O)(=O)c2ccc(C)cc2)CC3)cc1F. The van der Waals surface area contributed by atoms with E-state index in [2.05, 4.69) is 4.72 Å². The number of hydrogen-bond acceptors (Lipinski definition) is 5. The highest BCUT2D eigenvalue weighted by Crippen LogP contribution is 2.29. The molecular formula is C23H23FN2O5S2. The minimum absolute atomic E-state index is 0.0578. The summed E-state index contributed by atoms with van der Waals surface area (Å²) in [4.78, 5) is -0.0305. The Bertz CT molecular complexity index is 1410. The quantitative estimate of drug-likeness (QED) is 0.569. The van der Waals surface area contributed by atoms with Crippen molar-refractivity contribution in [2.24, 2.45) is 0 Å². The van der Waals surface area contributed by atoms with Gasteiger partial charge in [0, 0.05) is 18.8 Å². The van der Waals surface area contributed by atoms with Gasteiger partial charge in [-0.1, -0.05) is 23.8 Å². The van der Waals surface area contributed by atoms with Crippen LogP contribution in [0.15, 0.2) is 70.5 Å². The van der Waals surface area contributed by atoms with E-state index in [0.29, 0.717) is 18.5 Å². The Labute approximate surface area is 192 Å². The highest BCUT2D eigenvalue weighted by atomic mass is 32.2. The Balaban J connectivity index is 1.58. The van der Waals surface area contributed by atoms with Crippen LogP contribution in [0.2, 0.25) is 0 Å². The van der Waals surface area contributed by atoms with Crippen LogP contribution in [0.1, 0.15) is 16.7 Å². The van der Waals surface area contributed by atoms with E-state index in [-0.39, 0.29) is 27.8 Å². The number of hydrogen-bond donors (Lipinski definition) is 1. The summed E-state index contributed by atoms with van der Waals surface area (Å²) in [6.45, 7) is 2.34. The summed E-state index contributed by atoms with van der Waals surface area (Å²) in [5.74, 6) is -0.847. The number of ether oxygens (including phenoxy) is 1. The second kappa shape index (κ2) is 8.77. The topological polar surface area (TPSA) is 92.8 Å². The van der Waals surface area contributed by atoms with Gasteiger partial charge in [-0.05, 0) is 66.9 Å². The fourth-order valence-electron chi connectivity index (χ4n) is 3.69. The lowest BCUT2D eigenvalue weighted by Crippen LogP contribution is -2.36. The molecular weight excluding hydrogens is 467 g/mol. The van der Waals surface area contributed by atoms with Crippen LogP contribution >= 0.6 is 0 Å². The van der Waals surface area contributed by atoms with Crippen LogP contribution in [0.25, 0.3) is 0 Å². The minimum Gasteiger partial charge on any atom is -0.494 e. The maximum atomic E-state index is 14.0. The largest absolute Gasteiger partial charge is 0.494 e. The monoisotopic (exact) mass is 490 g/mol. The summed E-state index contributed by atoms with van der Waals surface area (Å²) < 4.78 is 74.2. The second-order valence-electron chi connectivity index (χ2n) is 7.79. The molecule has 0 saturated carbocycles. The van der Waals surface area contributed by atoms with Crippen molar-refractivity contribution in [3.05, 3.63) is 83.2 Å². The van der Waals surface area contributed by atoms with Crippen molar-refractivity contribution in [1.82, 2.24) is 4.31 Å². The average Bonchev–Trinajstić information content (AvgIpc) is 2.78. The fourth-order valence-corrected chi connectivity index (χ4v) is 6.17. The molecule has 0 amide bonds. The molecule has 174 valence electrons. The van der Waals surface area contributed by atoms with Gasteiger partial charge in [-0.3, -0.25) is 4.72 Å². The van der Waals surface area contributed by atoms with E-state index in [9.17, 15) is 21.2 Å². The van der Waals surface area contributed by atoms with Crippen molar-refractivity contribution in [3.63, 3.8) is 0 Å². The molecule has 0 aromatic heterocycles. The maximum absolute atomic E-state index is 14.0. The van der Waals surface area contributed by atoms with Gasteiger partial charge in [0.15, 0.2) is 11.6 Å². The van der Waals surface area contributed by atoms with E-state index in [1.165, 1.54) is 23.5 Å². The third-order valence-electron chi connectivity index (χ3n) is 5.53. The summed E-state index contributed by atoms with van der Waals surface area (Å²) >= 11 is 0. The molecule has 1 N–H and O–H groups in total. The lowest BCUT2D eigenvalue weighted by Gasteiger charge is -2.28. The molecule has 1 aliphatic rings. The van der Waals surface area contributed by atoms with Crippen LogP contribution in [-0.4, -0.2) is 34.8 Å². The number of rotatable bonds is 6. The van der Waals surface area contributed by atoms with Gasteiger partial charge in [-0.2, -0.15) is 4.31 Å². The highest BCUT2D eigenvalue weighted by Gasteiger charge is 2.28. The number of nitrogens with zero attached hydrogens (tertiary/aromatic N) is 1. The van der Waals surface area contributed by atoms with E-state index in [0.717, 1.165) is 17.2 Å². The van der Waals surface area contributed by atoms with Crippen molar-refractivity contribution >= 4 is 25.7 Å². The van der Waals surface area contributed by atoms with Crippen LogP contribution in [0.4, 0.5) is 10.1 Å². The first-order valence-corrected chi connectivity index (χ1v) is 13.1. The number of benzene rings is 3. The molecule has 3 aromatic carbocycles. The average molecular weight is 491 g/mol. The number of halogens is 1. The summed E-state index contributed by atoms with van der Waals surface area (Å²) in [7, 11) is -6.44. The number of aryl methyl sites for hydroxylation is 1. The predicted molar refractivity (Wildman–Crippen MR) is 123 cm³/mol. The summed E-state index contributed by atoms with van der Waals surface area (Å²) in [5, 5.41) is 0. The van der Waals surface area contributed by atoms with Crippen molar-refractivity contribution in [3.8, 4) is 5.75 Å². The standard InChI is InChI=1S/C23H23FN2O5S2/c1-16-3-7-20(8-4-16)33(29,30)26-12-11-17-5-6-19(13-18(17)15-26)25-32(27,28)21-9-10-23(31-2)22(24)14-21/h3-10,13-14,25H,11-12,15H2,1-2H3. The number of sulfonamides is 2. The molecule has 33 heavy (non-hydrogen) atoms. The Morgan fingerprint density at radius 1 is 0.909 bits per heavy atom. The molecule has 1 aliphatic heterocycles. The third-order valence-corrected chi connectivity index (χ3v) is 8.77. The van der Waals surface area contributed by atoms with Crippen LogP contribution in [-0.2, 0) is 33.0 Å². The van der Waals surface area contributed by atoms with Crippen LogP contribution in [0, 0.1) is 12.7 Å². The van der Waals surface area contributed by atoms with E-state index < -0.39 is 25.9 Å². The number of nitrogens with one attached hydrogen (secondary N) is 1. The zero-order valence-corrected chi connectivity index (χ0v) is 19.7. The maximum Gasteiger partial charge on any atom is 0.262 e. The molecule has 0 atom stereocenters. The van der Waals surface area contributed by atoms with Crippen molar-refractivity contribution in [2.75, 3.05) is 18.4 Å². The molecule has 4 rings (SSSR count). The van der Waals surface area contributed by atoms with Gasteiger partial charge in [-0.15, -0.1) is 0 Å². The van der Waals surface area contributed by atoms with E-state index in [4.69, 9.17) is 4.74 Å². The molecule has 0 saturated heterocycles. The van der Waals surface area contributed by atoms with Gasteiger partial charge in [-0.25, -0.2) is 21.2 Å². The first kappa shape index (κ1) is 23.2. The molecule has 3 aromatic rings. The van der Waals surface area contributed by atoms with Crippen LogP contribution in [0.3, 0.4) is 0 Å². The molecule has 0 spiro atoms. The Morgan fingerprint density at radius 2 is 1.61 bits per heavy atom. The molecule has 0 fully saturated rings. The zero-order chi connectivity index (χ0) is 23.8. The normalized spacial score (nSPS) is 14.5. The smallest absolute Gasteiger partial charge is 0.262 e. The predicted octanol–water partition coefficient (Wildman–Crippen LogP) is 3.69. The molecule has 10 heteroatoms. The molecule has 0 radical (unpaired) electrons. The van der Waals surface area contributed by atoms with Gasteiger partial charge < -0.3 is 4.74 Å². The van der Waals surface area contributed by atoms with E-state index in [1.807, 2.05) is 6.92 Å². The fraction of sp³-hybridized carbons (Fsp3) is 0.217. The van der Waals surface area contributed by atoms with Crippen molar-refractivity contribution < 1.29 is 26.0 Å². The number of fused-ring (bicyclic) bond motifs is 1. The first-order valence-electron chi connectivity index (χ1n) is 10.1. The Morgan fingerprint density at radius 3 is 2.27 bits per heavy atom. The molecule has 0 unspecified atom stereocenters. The molecule has 0 aliphatic carbocycles. The second-order valence-corrected chi connectivity index (χ2v) is 11.4. The lowest BCUT2D eigenvalue weighted by molar-refractivity contribution is 0.385. The number of anilines is 1. The highest BCUT2D eigenvalue weighted by molar-refractivity contribution is 7.92. The van der Waals surface area contributed by atoms with Crippen LogP contribution < -0.4 is 9.46 Å². The van der Waals surface area contributed by atoms with Gasteiger partial charge in [0.1, 0.15) is 0 Å². The van der Waals surface area contributed by atoms with Gasteiger partial charge in [0.2, 0.25) is 10.0 Å². The lowest BCUT2D eigenvalue weighted by atomic mass is 10.0. The first-order chi connectivity index (χ1) is 15.6. The summed E-state index contributed by atoms with van der Waals surface area (Å²) in [6, 6.07) is 15.0. The molecule has 7 nitrogen and oxygen atoms in total. The summed E-state index contributed by atoms with van der Waals surface area (Å²) in [5.41, 5.74) is 2.88. The van der Waals surface area contributed by atoms with Gasteiger partial charge >= 0.3 is 0 Å². The third kappa shape index (κ3) is 4.73. The van der Waals surface area contributed by atoms with E-state index in [1.54, 1.807) is 42.5 Å².